The van der Waals surface area contributed by atoms with Crippen molar-refractivity contribution in [2.75, 3.05) is 13.2 Å². The molecule has 0 bridgehead atoms. The van der Waals surface area contributed by atoms with E-state index in [0.717, 1.165) is 23.0 Å². The number of fused-ring (bicyclic) bond motifs is 1. The Morgan fingerprint density at radius 3 is 3.00 bits per heavy atom. The van der Waals surface area contributed by atoms with Gasteiger partial charge in [0.2, 0.25) is 0 Å². The van der Waals surface area contributed by atoms with Gasteiger partial charge in [-0.2, -0.15) is 0 Å². The Labute approximate surface area is 101 Å². The van der Waals surface area contributed by atoms with Crippen LogP contribution >= 0.6 is 0 Å². The Hall–Kier alpha value is -1.32. The molecule has 1 heterocycles. The van der Waals surface area contributed by atoms with Crippen molar-refractivity contribution in [2.24, 2.45) is 0 Å². The summed E-state index contributed by atoms with van der Waals surface area (Å²) in [4.78, 5) is 0. The van der Waals surface area contributed by atoms with Gasteiger partial charge in [-0.15, -0.1) is 0 Å². The largest absolute Gasteiger partial charge is 0.464 e. The second-order valence-electron chi connectivity index (χ2n) is 4.08. The molecule has 0 saturated heterocycles. The van der Waals surface area contributed by atoms with Gasteiger partial charge in [0.25, 0.3) is 0 Å². The van der Waals surface area contributed by atoms with Crippen LogP contribution in [0.15, 0.2) is 28.9 Å². The van der Waals surface area contributed by atoms with E-state index in [1.54, 1.807) is 6.26 Å². The van der Waals surface area contributed by atoms with Gasteiger partial charge in [-0.1, -0.05) is 6.92 Å². The van der Waals surface area contributed by atoms with E-state index >= 15 is 0 Å². The van der Waals surface area contributed by atoms with Crippen LogP contribution in [-0.2, 0) is 17.8 Å². The van der Waals surface area contributed by atoms with Crippen molar-refractivity contribution in [1.29, 1.82) is 0 Å². The van der Waals surface area contributed by atoms with Crippen molar-refractivity contribution >= 4 is 11.0 Å². The highest BCUT2D eigenvalue weighted by Gasteiger charge is 2.06. The molecule has 0 fully saturated rings. The molecular formula is C14H18O3. The minimum absolute atomic E-state index is 0.172. The molecule has 1 N–H and O–H groups in total. The van der Waals surface area contributed by atoms with E-state index in [2.05, 4.69) is 19.1 Å². The molecule has 2 aromatic rings. The number of hydrogen-bond acceptors (Lipinski definition) is 3. The normalized spacial score (nSPS) is 11.2. The summed E-state index contributed by atoms with van der Waals surface area (Å²) in [6.07, 6.45) is 3.39. The second kappa shape index (κ2) is 5.84. The maximum atomic E-state index is 8.69. The fourth-order valence-corrected chi connectivity index (χ4v) is 1.88. The molecule has 1 aromatic carbocycles. The summed E-state index contributed by atoms with van der Waals surface area (Å²) in [5.74, 6) is 0. The maximum absolute atomic E-state index is 8.69. The molecular weight excluding hydrogens is 216 g/mol. The number of furan rings is 1. The van der Waals surface area contributed by atoms with Crippen molar-refractivity contribution < 1.29 is 14.3 Å². The van der Waals surface area contributed by atoms with Crippen LogP contribution in [-0.4, -0.2) is 18.3 Å². The van der Waals surface area contributed by atoms with Crippen LogP contribution in [0.1, 0.15) is 24.5 Å². The van der Waals surface area contributed by atoms with Gasteiger partial charge in [0.05, 0.1) is 12.9 Å². The molecule has 0 aliphatic rings. The zero-order valence-electron chi connectivity index (χ0n) is 10.1. The highest BCUT2D eigenvalue weighted by molar-refractivity contribution is 5.81. The second-order valence-corrected chi connectivity index (χ2v) is 4.08. The third-order valence-corrected chi connectivity index (χ3v) is 2.80. The molecule has 0 amide bonds. The van der Waals surface area contributed by atoms with E-state index in [1.165, 1.54) is 5.56 Å². The highest BCUT2D eigenvalue weighted by Crippen LogP contribution is 2.23. The van der Waals surface area contributed by atoms with Crippen molar-refractivity contribution in [1.82, 2.24) is 0 Å². The lowest BCUT2D eigenvalue weighted by Gasteiger charge is -2.06. The van der Waals surface area contributed by atoms with Crippen LogP contribution in [0.3, 0.4) is 0 Å². The maximum Gasteiger partial charge on any atom is 0.139 e. The van der Waals surface area contributed by atoms with Crippen molar-refractivity contribution in [3.05, 3.63) is 35.6 Å². The van der Waals surface area contributed by atoms with Gasteiger partial charge in [0.1, 0.15) is 5.58 Å². The molecule has 1 aromatic heterocycles. The van der Waals surface area contributed by atoms with E-state index < -0.39 is 0 Å². The summed E-state index contributed by atoms with van der Waals surface area (Å²) in [6.45, 7) is 3.43. The summed E-state index contributed by atoms with van der Waals surface area (Å²) in [5.41, 5.74) is 3.29. The Kier molecular flexibility index (Phi) is 4.18. The average molecular weight is 234 g/mol. The Bertz CT molecular complexity index is 473. The number of benzene rings is 1. The van der Waals surface area contributed by atoms with Crippen molar-refractivity contribution in [2.45, 2.75) is 26.4 Å². The first-order valence-electron chi connectivity index (χ1n) is 6.02. The van der Waals surface area contributed by atoms with Crippen LogP contribution < -0.4 is 0 Å². The first-order chi connectivity index (χ1) is 8.35. The van der Waals surface area contributed by atoms with Gasteiger partial charge in [0, 0.05) is 24.2 Å². The molecule has 0 spiro atoms. The fourth-order valence-electron chi connectivity index (χ4n) is 1.88. The average Bonchev–Trinajstić information content (AvgIpc) is 2.82. The SMILES string of the molecule is CCc1cc(COCCCO)c2occc2c1. The number of aliphatic hydroxyl groups excluding tert-OH is 1. The van der Waals surface area contributed by atoms with Gasteiger partial charge < -0.3 is 14.3 Å². The number of ether oxygens (including phenoxy) is 1. The molecule has 0 radical (unpaired) electrons. The Morgan fingerprint density at radius 1 is 1.35 bits per heavy atom. The molecule has 2 rings (SSSR count). The molecule has 0 aliphatic heterocycles. The topological polar surface area (TPSA) is 42.6 Å². The Morgan fingerprint density at radius 2 is 2.24 bits per heavy atom. The standard InChI is InChI=1S/C14H18O3/c1-2-11-8-12-4-7-17-14(12)13(9-11)10-16-6-3-5-15/h4,7-9,15H,2-3,5-6,10H2,1H3. The summed E-state index contributed by atoms with van der Waals surface area (Å²) >= 11 is 0. The minimum Gasteiger partial charge on any atom is -0.464 e. The lowest BCUT2D eigenvalue weighted by molar-refractivity contribution is 0.104. The van der Waals surface area contributed by atoms with E-state index in [4.69, 9.17) is 14.3 Å². The van der Waals surface area contributed by atoms with Crippen LogP contribution in [0.5, 0.6) is 0 Å². The van der Waals surface area contributed by atoms with E-state index in [1.807, 2.05) is 6.07 Å². The number of rotatable bonds is 6. The first kappa shape index (κ1) is 12.1. The molecule has 0 saturated carbocycles. The quantitative estimate of drug-likeness (QED) is 0.781. The monoisotopic (exact) mass is 234 g/mol. The van der Waals surface area contributed by atoms with E-state index in [0.29, 0.717) is 19.6 Å². The van der Waals surface area contributed by atoms with Gasteiger partial charge in [-0.3, -0.25) is 0 Å². The highest BCUT2D eigenvalue weighted by atomic mass is 16.5. The third kappa shape index (κ3) is 2.87. The molecule has 3 nitrogen and oxygen atoms in total. The minimum atomic E-state index is 0.172. The predicted molar refractivity (Wildman–Crippen MR) is 67.0 cm³/mol. The number of aryl methyl sites for hydroxylation is 1. The lowest BCUT2D eigenvalue weighted by Crippen LogP contribution is -1.98. The molecule has 92 valence electrons. The molecule has 3 heteroatoms. The van der Waals surface area contributed by atoms with Crippen LogP contribution in [0.2, 0.25) is 0 Å². The van der Waals surface area contributed by atoms with E-state index in [-0.39, 0.29) is 6.61 Å². The Balaban J connectivity index is 2.16. The van der Waals surface area contributed by atoms with Gasteiger partial charge in [0.15, 0.2) is 0 Å². The van der Waals surface area contributed by atoms with Crippen molar-refractivity contribution in [3.8, 4) is 0 Å². The first-order valence-corrected chi connectivity index (χ1v) is 6.02. The third-order valence-electron chi connectivity index (χ3n) is 2.80. The molecule has 0 unspecified atom stereocenters. The lowest BCUT2D eigenvalue weighted by atomic mass is 10.1. The molecule has 0 aliphatic carbocycles. The molecule has 0 atom stereocenters. The van der Waals surface area contributed by atoms with Crippen LogP contribution in [0.25, 0.3) is 11.0 Å². The molecule has 17 heavy (non-hydrogen) atoms. The summed E-state index contributed by atoms with van der Waals surface area (Å²) in [7, 11) is 0. The van der Waals surface area contributed by atoms with Crippen molar-refractivity contribution in [3.63, 3.8) is 0 Å². The summed E-state index contributed by atoms with van der Waals surface area (Å²) in [6, 6.07) is 6.26. The van der Waals surface area contributed by atoms with Gasteiger partial charge >= 0.3 is 0 Å². The summed E-state index contributed by atoms with van der Waals surface area (Å²) in [5, 5.41) is 9.82. The summed E-state index contributed by atoms with van der Waals surface area (Å²) < 4.78 is 11.0. The van der Waals surface area contributed by atoms with E-state index in [9.17, 15) is 0 Å². The number of aliphatic hydroxyl groups is 1. The zero-order valence-corrected chi connectivity index (χ0v) is 10.1. The fraction of sp³-hybridized carbons (Fsp3) is 0.429. The zero-order chi connectivity index (χ0) is 12.1. The smallest absolute Gasteiger partial charge is 0.139 e. The van der Waals surface area contributed by atoms with Gasteiger partial charge in [-0.25, -0.2) is 0 Å². The van der Waals surface area contributed by atoms with Crippen LogP contribution in [0, 0.1) is 0 Å². The number of hydrogen-bond donors (Lipinski definition) is 1. The van der Waals surface area contributed by atoms with Gasteiger partial charge in [-0.05, 0) is 36.6 Å². The predicted octanol–water partition coefficient (Wildman–Crippen LogP) is 2.89. The van der Waals surface area contributed by atoms with Crippen LogP contribution in [0.4, 0.5) is 0 Å².